The van der Waals surface area contributed by atoms with Crippen LogP contribution in [0.5, 0.6) is 0 Å². The zero-order valence-electron chi connectivity index (χ0n) is 26.6. The number of aromatic nitrogens is 1. The van der Waals surface area contributed by atoms with Gasteiger partial charge in [0.05, 0.1) is 23.6 Å². The Labute approximate surface area is 278 Å². The predicted octanol–water partition coefficient (Wildman–Crippen LogP) is 7.77. The van der Waals surface area contributed by atoms with E-state index in [0.717, 1.165) is 41.3 Å². The maximum atomic E-state index is 13.8. The molecule has 10 nitrogen and oxygen atoms in total. The summed E-state index contributed by atoms with van der Waals surface area (Å²) in [6, 6.07) is 20.5. The number of rotatable bonds is 11. The van der Waals surface area contributed by atoms with Crippen LogP contribution in [0.4, 0.5) is 27.9 Å². The van der Waals surface area contributed by atoms with E-state index in [9.17, 15) is 18.0 Å². The number of sulfonamides is 1. The molecule has 1 aliphatic rings. The van der Waals surface area contributed by atoms with Crippen molar-refractivity contribution in [1.29, 1.82) is 0 Å². The Morgan fingerprint density at radius 2 is 1.55 bits per heavy atom. The molecule has 0 fully saturated rings. The van der Waals surface area contributed by atoms with Gasteiger partial charge < -0.3 is 4.90 Å². The van der Waals surface area contributed by atoms with Gasteiger partial charge in [-0.05, 0) is 93.4 Å². The molecule has 47 heavy (non-hydrogen) atoms. The molecule has 0 saturated carbocycles. The highest BCUT2D eigenvalue weighted by molar-refractivity contribution is 7.93. The smallest absolute Gasteiger partial charge is 0.349 e. The molecule has 2 heterocycles. The second-order valence-corrected chi connectivity index (χ2v) is 13.7. The molecule has 0 unspecified atom stereocenters. The summed E-state index contributed by atoms with van der Waals surface area (Å²) in [6.45, 7) is 10.8. The van der Waals surface area contributed by atoms with Gasteiger partial charge in [-0.3, -0.25) is 9.59 Å². The molecule has 0 spiro atoms. The summed E-state index contributed by atoms with van der Waals surface area (Å²) in [5.74, 6) is -1.00. The molecule has 1 aliphatic heterocycles. The second-order valence-electron chi connectivity index (χ2n) is 11.2. The standard InChI is InChI=1S/C35H34N6O4S2/c1-5-19-40-20-21-46-35(40)38-47(44,45)26-14-11-24(12-15-26)41-33(42)28-10-8-9-27-31(18-16-29(32(27)28)34(41)43)37-36-30-17-13-25(22-23(30)4)39(6-2)7-3/h8-18,20-22H,5-7,19H2,1-4H3/p+1. The predicted molar refractivity (Wildman–Crippen MR) is 186 cm³/mol. The summed E-state index contributed by atoms with van der Waals surface area (Å²) < 4.78 is 30.8. The van der Waals surface area contributed by atoms with Crippen molar-refractivity contribution in [2.45, 2.75) is 45.6 Å². The van der Waals surface area contributed by atoms with Crippen molar-refractivity contribution in [3.63, 3.8) is 0 Å². The number of carbonyl (C=O) groups excluding carboxylic acids is 2. The van der Waals surface area contributed by atoms with E-state index in [1.54, 1.807) is 24.3 Å². The van der Waals surface area contributed by atoms with Crippen molar-refractivity contribution in [2.75, 3.05) is 27.6 Å². The molecule has 0 atom stereocenters. The van der Waals surface area contributed by atoms with Gasteiger partial charge >= 0.3 is 15.2 Å². The van der Waals surface area contributed by atoms with E-state index in [0.29, 0.717) is 39.3 Å². The summed E-state index contributed by atoms with van der Waals surface area (Å²) in [5.41, 5.74) is 4.36. The fourth-order valence-corrected chi connectivity index (χ4v) is 7.90. The van der Waals surface area contributed by atoms with Crippen molar-refractivity contribution in [3.05, 3.63) is 101 Å². The van der Waals surface area contributed by atoms with Crippen molar-refractivity contribution in [3.8, 4) is 0 Å². The lowest BCUT2D eigenvalue weighted by Crippen LogP contribution is -2.40. The normalized spacial score (nSPS) is 13.1. The second kappa shape index (κ2) is 13.0. The van der Waals surface area contributed by atoms with Crippen LogP contribution in [0.1, 0.15) is 53.5 Å². The van der Waals surface area contributed by atoms with Crippen LogP contribution >= 0.6 is 11.3 Å². The van der Waals surface area contributed by atoms with Gasteiger partial charge in [0, 0.05) is 46.1 Å². The molecule has 0 aliphatic carbocycles. The Morgan fingerprint density at radius 1 is 0.872 bits per heavy atom. The lowest BCUT2D eigenvalue weighted by Gasteiger charge is -2.27. The molecule has 2 amide bonds. The average Bonchev–Trinajstić information content (AvgIpc) is 3.50. The number of thiazole rings is 1. The van der Waals surface area contributed by atoms with E-state index >= 15 is 0 Å². The zero-order chi connectivity index (χ0) is 33.3. The molecule has 6 rings (SSSR count). The first-order chi connectivity index (χ1) is 22.7. The molecule has 12 heteroatoms. The molecule has 5 aromatic rings. The third-order valence-electron chi connectivity index (χ3n) is 8.23. The van der Waals surface area contributed by atoms with E-state index in [1.807, 2.05) is 48.2 Å². The number of anilines is 3. The van der Waals surface area contributed by atoms with Gasteiger partial charge in [-0.2, -0.15) is 18.3 Å². The molecule has 1 aromatic heterocycles. The van der Waals surface area contributed by atoms with Crippen LogP contribution in [0.25, 0.3) is 10.8 Å². The number of amides is 2. The highest BCUT2D eigenvalue weighted by Gasteiger charge is 2.35. The Kier molecular flexibility index (Phi) is 8.89. The highest BCUT2D eigenvalue weighted by Crippen LogP contribution is 2.38. The lowest BCUT2D eigenvalue weighted by atomic mass is 9.93. The largest absolute Gasteiger partial charge is 0.372 e. The fraction of sp³-hybridized carbons (Fsp3) is 0.229. The topological polar surface area (TPSA) is 115 Å². The Balaban J connectivity index is 1.28. The minimum atomic E-state index is -3.89. The number of hydrogen-bond donors (Lipinski definition) is 1. The number of benzene rings is 4. The van der Waals surface area contributed by atoms with Crippen LogP contribution in [0.15, 0.2) is 99.5 Å². The van der Waals surface area contributed by atoms with Gasteiger partial charge in [-0.15, -0.1) is 5.11 Å². The van der Waals surface area contributed by atoms with Gasteiger partial charge in [-0.1, -0.05) is 30.4 Å². The number of nitrogens with one attached hydrogen (secondary N) is 1. The number of aryl methyl sites for hydroxylation is 2. The van der Waals surface area contributed by atoms with Gasteiger partial charge in [0.1, 0.15) is 11.1 Å². The number of carbonyl (C=O) groups is 2. The number of azo groups is 1. The maximum absolute atomic E-state index is 13.8. The van der Waals surface area contributed by atoms with Crippen LogP contribution in [0.3, 0.4) is 0 Å². The summed E-state index contributed by atoms with van der Waals surface area (Å²) in [7, 11) is -3.89. The number of imide groups is 1. The van der Waals surface area contributed by atoms with Gasteiger partial charge in [0.15, 0.2) is 0 Å². The Hall–Kier alpha value is -4.94. The summed E-state index contributed by atoms with van der Waals surface area (Å²) in [5, 5.41) is 12.5. The van der Waals surface area contributed by atoms with Gasteiger partial charge in [0.25, 0.3) is 11.8 Å². The first-order valence-corrected chi connectivity index (χ1v) is 17.8. The van der Waals surface area contributed by atoms with Crippen LogP contribution in [0, 0.1) is 6.92 Å². The van der Waals surface area contributed by atoms with E-state index < -0.39 is 21.8 Å². The van der Waals surface area contributed by atoms with Crippen LogP contribution < -0.4 is 19.1 Å². The van der Waals surface area contributed by atoms with E-state index in [1.165, 1.54) is 35.6 Å². The molecular weight excluding hydrogens is 633 g/mol. The van der Waals surface area contributed by atoms with Crippen LogP contribution in [0.2, 0.25) is 0 Å². The first-order valence-electron chi connectivity index (χ1n) is 15.5. The van der Waals surface area contributed by atoms with E-state index in [2.05, 4.69) is 39.8 Å². The van der Waals surface area contributed by atoms with Crippen LogP contribution in [-0.4, -0.2) is 33.3 Å². The van der Waals surface area contributed by atoms with E-state index in [4.69, 9.17) is 0 Å². The first kappa shape index (κ1) is 32.0. The van der Waals surface area contributed by atoms with Crippen molar-refractivity contribution in [2.24, 2.45) is 10.2 Å². The molecule has 1 N–H and O–H groups in total. The third kappa shape index (κ3) is 6.01. The molecule has 0 saturated heterocycles. The minimum Gasteiger partial charge on any atom is -0.372 e. The number of nitrogens with zero attached hydrogens (tertiary/aromatic N) is 5. The number of hydrogen-bond acceptors (Lipinski definition) is 8. The zero-order valence-corrected chi connectivity index (χ0v) is 28.2. The lowest BCUT2D eigenvalue weighted by molar-refractivity contribution is -0.678. The summed E-state index contributed by atoms with van der Waals surface area (Å²) >= 11 is 1.30. The van der Waals surface area contributed by atoms with Gasteiger partial charge in [-0.25, -0.2) is 9.47 Å². The monoisotopic (exact) mass is 667 g/mol. The van der Waals surface area contributed by atoms with Gasteiger partial charge in [0.2, 0.25) is 0 Å². The summed E-state index contributed by atoms with van der Waals surface area (Å²) in [6.07, 6.45) is 2.69. The molecule has 4 aromatic carbocycles. The minimum absolute atomic E-state index is 0.0186. The van der Waals surface area contributed by atoms with Crippen molar-refractivity contribution in [1.82, 2.24) is 0 Å². The Bertz CT molecular complexity index is 2120. The molecular formula is C35H35N6O4S2+. The van der Waals surface area contributed by atoms with E-state index in [-0.39, 0.29) is 10.6 Å². The maximum Gasteiger partial charge on any atom is 0.349 e. The van der Waals surface area contributed by atoms with Crippen molar-refractivity contribution >= 4 is 71.8 Å². The SMILES string of the molecule is CCC[n+]1ccsc1NS(=O)(=O)c1ccc(N2C(=O)c3cccc4c(N=Nc5ccc(N(CC)CC)cc5C)ccc(c34)C2=O)cc1. The fourth-order valence-electron chi connectivity index (χ4n) is 5.80. The average molecular weight is 668 g/mol. The van der Waals surface area contributed by atoms with Crippen LogP contribution in [-0.2, 0) is 16.6 Å². The molecule has 0 radical (unpaired) electrons. The third-order valence-corrected chi connectivity index (χ3v) is 10.5. The highest BCUT2D eigenvalue weighted by atomic mass is 32.2. The molecule has 240 valence electrons. The Morgan fingerprint density at radius 3 is 2.23 bits per heavy atom. The quantitative estimate of drug-likeness (QED) is 0.0878. The van der Waals surface area contributed by atoms with Crippen molar-refractivity contribution < 1.29 is 22.6 Å². The molecule has 0 bridgehead atoms. The summed E-state index contributed by atoms with van der Waals surface area (Å²) in [4.78, 5) is 30.9.